The molecule has 2 aliphatic heterocycles. The summed E-state index contributed by atoms with van der Waals surface area (Å²) in [6.45, 7) is 1.05. The van der Waals surface area contributed by atoms with Gasteiger partial charge in [-0.2, -0.15) is 0 Å². The van der Waals surface area contributed by atoms with E-state index in [1.165, 1.54) is 12.8 Å². The fraction of sp³-hybridized carbons (Fsp3) is 0.500. The Labute approximate surface area is 140 Å². The van der Waals surface area contributed by atoms with Crippen molar-refractivity contribution < 1.29 is 14.4 Å². The highest BCUT2D eigenvalue weighted by Gasteiger charge is 2.38. The zero-order valence-corrected chi connectivity index (χ0v) is 13.5. The van der Waals surface area contributed by atoms with Crippen molar-refractivity contribution in [1.82, 2.24) is 10.2 Å². The SMILES string of the molecule is O=C1NCc2ccc(NC(=O)[C@H]3CC(=O)N(C4CCCC4)C3)cc21. The summed E-state index contributed by atoms with van der Waals surface area (Å²) in [5.74, 6) is -0.456. The number of anilines is 1. The maximum atomic E-state index is 12.5. The first kappa shape index (κ1) is 15.2. The molecule has 2 fully saturated rings. The minimum absolute atomic E-state index is 0.0929. The summed E-state index contributed by atoms with van der Waals surface area (Å²) in [6, 6.07) is 5.69. The Bertz CT molecular complexity index is 709. The van der Waals surface area contributed by atoms with Gasteiger partial charge in [0.1, 0.15) is 0 Å². The highest BCUT2D eigenvalue weighted by molar-refractivity contribution is 6.01. The molecule has 0 spiro atoms. The molecule has 0 bridgehead atoms. The molecule has 1 saturated heterocycles. The van der Waals surface area contributed by atoms with Crippen molar-refractivity contribution in [2.75, 3.05) is 11.9 Å². The first-order valence-corrected chi connectivity index (χ1v) is 8.63. The summed E-state index contributed by atoms with van der Waals surface area (Å²) in [7, 11) is 0. The lowest BCUT2D eigenvalue weighted by Gasteiger charge is -2.23. The van der Waals surface area contributed by atoms with Crippen LogP contribution in [-0.2, 0) is 16.1 Å². The molecule has 0 radical (unpaired) electrons. The van der Waals surface area contributed by atoms with Crippen molar-refractivity contribution in [2.24, 2.45) is 5.92 Å². The lowest BCUT2D eigenvalue weighted by molar-refractivity contribution is -0.129. The van der Waals surface area contributed by atoms with Gasteiger partial charge in [0.05, 0.1) is 5.92 Å². The summed E-state index contributed by atoms with van der Waals surface area (Å²) in [6.07, 6.45) is 4.73. The number of nitrogens with zero attached hydrogens (tertiary/aromatic N) is 1. The van der Waals surface area contributed by atoms with E-state index in [4.69, 9.17) is 0 Å². The molecule has 1 aromatic rings. The van der Waals surface area contributed by atoms with E-state index in [9.17, 15) is 14.4 Å². The fourth-order valence-electron chi connectivity index (χ4n) is 4.01. The quantitative estimate of drug-likeness (QED) is 0.886. The molecule has 3 amide bonds. The number of benzene rings is 1. The number of amides is 3. The van der Waals surface area contributed by atoms with Crippen LogP contribution in [0.2, 0.25) is 0 Å². The highest BCUT2D eigenvalue weighted by atomic mass is 16.2. The van der Waals surface area contributed by atoms with Crippen LogP contribution in [0.15, 0.2) is 18.2 Å². The average Bonchev–Trinajstić information content (AvgIpc) is 3.28. The molecule has 1 atom stereocenters. The zero-order chi connectivity index (χ0) is 16.7. The van der Waals surface area contributed by atoms with Crippen LogP contribution in [0.4, 0.5) is 5.69 Å². The molecule has 2 N–H and O–H groups in total. The molecule has 1 aliphatic carbocycles. The van der Waals surface area contributed by atoms with Crippen molar-refractivity contribution in [1.29, 1.82) is 0 Å². The molecule has 6 nitrogen and oxygen atoms in total. The molecule has 126 valence electrons. The Morgan fingerprint density at radius 3 is 2.79 bits per heavy atom. The predicted octanol–water partition coefficient (Wildman–Crippen LogP) is 1.66. The third-order valence-electron chi connectivity index (χ3n) is 5.36. The summed E-state index contributed by atoms with van der Waals surface area (Å²) in [4.78, 5) is 38.3. The summed E-state index contributed by atoms with van der Waals surface area (Å²) in [5, 5.41) is 5.63. The van der Waals surface area contributed by atoms with Gasteiger partial charge in [-0.25, -0.2) is 0 Å². The molecule has 2 heterocycles. The first-order valence-electron chi connectivity index (χ1n) is 8.63. The molecule has 0 unspecified atom stereocenters. The number of rotatable bonds is 3. The number of carbonyl (C=O) groups is 3. The number of fused-ring (bicyclic) bond motifs is 1. The standard InChI is InChI=1S/C18H21N3O3/c22-16-7-12(10-21(16)14-3-1-2-4-14)17(23)20-13-6-5-11-9-19-18(24)15(11)8-13/h5-6,8,12,14H,1-4,7,9-10H2,(H,19,24)(H,20,23)/t12-/m0/s1. The Hall–Kier alpha value is -2.37. The van der Waals surface area contributed by atoms with E-state index in [1.54, 1.807) is 6.07 Å². The van der Waals surface area contributed by atoms with E-state index in [0.717, 1.165) is 18.4 Å². The zero-order valence-electron chi connectivity index (χ0n) is 13.5. The van der Waals surface area contributed by atoms with Crippen LogP contribution in [-0.4, -0.2) is 35.2 Å². The van der Waals surface area contributed by atoms with Crippen molar-refractivity contribution in [3.05, 3.63) is 29.3 Å². The third kappa shape index (κ3) is 2.66. The second-order valence-electron chi connectivity index (χ2n) is 6.93. The van der Waals surface area contributed by atoms with Gasteiger partial charge in [-0.1, -0.05) is 18.9 Å². The van der Waals surface area contributed by atoms with Crippen LogP contribution in [0.1, 0.15) is 48.0 Å². The maximum absolute atomic E-state index is 12.5. The molecule has 1 saturated carbocycles. The minimum Gasteiger partial charge on any atom is -0.348 e. The molecule has 6 heteroatoms. The van der Waals surface area contributed by atoms with Crippen molar-refractivity contribution >= 4 is 23.4 Å². The van der Waals surface area contributed by atoms with E-state index in [2.05, 4.69) is 10.6 Å². The van der Waals surface area contributed by atoms with Crippen LogP contribution in [0, 0.1) is 5.92 Å². The monoisotopic (exact) mass is 327 g/mol. The Balaban J connectivity index is 1.42. The summed E-state index contributed by atoms with van der Waals surface area (Å²) >= 11 is 0. The molecular weight excluding hydrogens is 306 g/mol. The Kier molecular flexibility index (Phi) is 3.75. The van der Waals surface area contributed by atoms with Crippen LogP contribution >= 0.6 is 0 Å². The number of hydrogen-bond acceptors (Lipinski definition) is 3. The third-order valence-corrected chi connectivity index (χ3v) is 5.36. The molecule has 4 rings (SSSR count). The van der Waals surface area contributed by atoms with Gasteiger partial charge in [0.15, 0.2) is 0 Å². The largest absolute Gasteiger partial charge is 0.348 e. The smallest absolute Gasteiger partial charge is 0.251 e. The van der Waals surface area contributed by atoms with E-state index < -0.39 is 0 Å². The number of nitrogens with one attached hydrogen (secondary N) is 2. The van der Waals surface area contributed by atoms with Gasteiger partial charge < -0.3 is 15.5 Å². The normalized spacial score (nSPS) is 23.5. The van der Waals surface area contributed by atoms with Crippen molar-refractivity contribution in [2.45, 2.75) is 44.7 Å². The summed E-state index contributed by atoms with van der Waals surface area (Å²) in [5.41, 5.74) is 2.17. The topological polar surface area (TPSA) is 78.5 Å². The van der Waals surface area contributed by atoms with Gasteiger partial charge in [-0.05, 0) is 30.5 Å². The molecular formula is C18H21N3O3. The van der Waals surface area contributed by atoms with Crippen LogP contribution in [0.25, 0.3) is 0 Å². The van der Waals surface area contributed by atoms with Crippen LogP contribution < -0.4 is 10.6 Å². The van der Waals surface area contributed by atoms with Gasteiger partial charge in [-0.3, -0.25) is 14.4 Å². The number of hydrogen-bond donors (Lipinski definition) is 2. The summed E-state index contributed by atoms with van der Waals surface area (Å²) < 4.78 is 0. The van der Waals surface area contributed by atoms with E-state index in [0.29, 0.717) is 30.4 Å². The highest BCUT2D eigenvalue weighted by Crippen LogP contribution is 2.30. The van der Waals surface area contributed by atoms with Gasteiger partial charge in [0, 0.05) is 36.8 Å². The molecule has 3 aliphatic rings. The van der Waals surface area contributed by atoms with Gasteiger partial charge in [-0.15, -0.1) is 0 Å². The maximum Gasteiger partial charge on any atom is 0.251 e. The van der Waals surface area contributed by atoms with Gasteiger partial charge >= 0.3 is 0 Å². The lowest BCUT2D eigenvalue weighted by Crippen LogP contribution is -2.35. The minimum atomic E-state index is -0.305. The van der Waals surface area contributed by atoms with E-state index >= 15 is 0 Å². The molecule has 24 heavy (non-hydrogen) atoms. The van der Waals surface area contributed by atoms with Crippen LogP contribution in [0.5, 0.6) is 0 Å². The molecule has 0 aromatic heterocycles. The first-order chi connectivity index (χ1) is 11.6. The van der Waals surface area contributed by atoms with Crippen molar-refractivity contribution in [3.8, 4) is 0 Å². The molecule has 1 aromatic carbocycles. The second kappa shape index (κ2) is 5.92. The van der Waals surface area contributed by atoms with Crippen molar-refractivity contribution in [3.63, 3.8) is 0 Å². The van der Waals surface area contributed by atoms with E-state index in [-0.39, 0.29) is 30.1 Å². The van der Waals surface area contributed by atoms with Gasteiger partial charge in [0.2, 0.25) is 11.8 Å². The predicted molar refractivity (Wildman–Crippen MR) is 88.3 cm³/mol. The number of carbonyl (C=O) groups excluding carboxylic acids is 3. The average molecular weight is 327 g/mol. The van der Waals surface area contributed by atoms with Crippen LogP contribution in [0.3, 0.4) is 0 Å². The Morgan fingerprint density at radius 2 is 2.00 bits per heavy atom. The van der Waals surface area contributed by atoms with Gasteiger partial charge in [0.25, 0.3) is 5.91 Å². The Morgan fingerprint density at radius 1 is 1.21 bits per heavy atom. The number of likely N-dealkylation sites (tertiary alicyclic amines) is 1. The second-order valence-corrected chi connectivity index (χ2v) is 6.93. The van der Waals surface area contributed by atoms with E-state index in [1.807, 2.05) is 17.0 Å². The lowest BCUT2D eigenvalue weighted by atomic mass is 10.1. The fourth-order valence-corrected chi connectivity index (χ4v) is 4.01.